The highest BCUT2D eigenvalue weighted by Crippen LogP contribution is 2.49. The Labute approximate surface area is 129 Å². The summed E-state index contributed by atoms with van der Waals surface area (Å²) in [5, 5.41) is 3.56. The van der Waals surface area contributed by atoms with Gasteiger partial charge in [-0.05, 0) is 49.9 Å². The predicted molar refractivity (Wildman–Crippen MR) is 86.5 cm³/mol. The minimum atomic E-state index is 0.666. The van der Waals surface area contributed by atoms with Crippen molar-refractivity contribution >= 4 is 5.96 Å². The number of guanidine groups is 1. The Morgan fingerprint density at radius 3 is 2.81 bits per heavy atom. The highest BCUT2D eigenvalue weighted by Gasteiger charge is 2.38. The molecule has 4 unspecified atom stereocenters. The molecule has 120 valence electrons. The van der Waals surface area contributed by atoms with Crippen LogP contribution in [0, 0.1) is 23.7 Å². The first-order valence-electron chi connectivity index (χ1n) is 8.75. The van der Waals surface area contributed by atoms with Crippen molar-refractivity contribution in [2.45, 2.75) is 38.5 Å². The van der Waals surface area contributed by atoms with Crippen molar-refractivity contribution in [3.8, 4) is 0 Å². The van der Waals surface area contributed by atoms with E-state index in [1.54, 1.807) is 0 Å². The van der Waals surface area contributed by atoms with Gasteiger partial charge in [0.2, 0.25) is 0 Å². The third-order valence-corrected chi connectivity index (χ3v) is 5.81. The van der Waals surface area contributed by atoms with E-state index in [4.69, 9.17) is 4.74 Å². The fraction of sp³-hybridized carbons (Fsp3) is 0.941. The van der Waals surface area contributed by atoms with Crippen molar-refractivity contribution in [1.82, 2.24) is 10.2 Å². The molecule has 21 heavy (non-hydrogen) atoms. The number of hydrogen-bond donors (Lipinski definition) is 1. The number of fused-ring (bicyclic) bond motifs is 2. The van der Waals surface area contributed by atoms with Crippen LogP contribution in [-0.2, 0) is 4.74 Å². The van der Waals surface area contributed by atoms with Crippen LogP contribution in [0.5, 0.6) is 0 Å². The van der Waals surface area contributed by atoms with E-state index in [0.29, 0.717) is 5.92 Å². The average molecular weight is 293 g/mol. The number of nitrogens with zero attached hydrogens (tertiary/aromatic N) is 2. The highest BCUT2D eigenvalue weighted by atomic mass is 16.5. The van der Waals surface area contributed by atoms with Crippen molar-refractivity contribution in [3.05, 3.63) is 0 Å². The van der Waals surface area contributed by atoms with Gasteiger partial charge in [0.05, 0.1) is 6.61 Å². The van der Waals surface area contributed by atoms with Crippen LogP contribution in [0.2, 0.25) is 0 Å². The van der Waals surface area contributed by atoms with Crippen LogP contribution in [0.4, 0.5) is 0 Å². The number of hydrogen-bond acceptors (Lipinski definition) is 2. The van der Waals surface area contributed by atoms with Crippen LogP contribution >= 0.6 is 0 Å². The molecule has 0 spiro atoms. The van der Waals surface area contributed by atoms with Crippen LogP contribution in [-0.4, -0.2) is 51.3 Å². The van der Waals surface area contributed by atoms with Crippen LogP contribution < -0.4 is 5.32 Å². The molecule has 3 fully saturated rings. The van der Waals surface area contributed by atoms with Gasteiger partial charge in [-0.2, -0.15) is 0 Å². The molecule has 0 aromatic heterocycles. The molecule has 1 aliphatic heterocycles. The summed E-state index contributed by atoms with van der Waals surface area (Å²) in [6.45, 7) is 3.96. The second kappa shape index (κ2) is 6.99. The molecule has 2 aliphatic carbocycles. The summed E-state index contributed by atoms with van der Waals surface area (Å²) in [6, 6.07) is 0. The molecule has 4 heteroatoms. The Hall–Kier alpha value is -0.770. The summed E-state index contributed by atoms with van der Waals surface area (Å²) in [6.07, 6.45) is 8.50. The smallest absolute Gasteiger partial charge is 0.193 e. The van der Waals surface area contributed by atoms with Gasteiger partial charge >= 0.3 is 0 Å². The van der Waals surface area contributed by atoms with Gasteiger partial charge in [-0.3, -0.25) is 4.99 Å². The van der Waals surface area contributed by atoms with Gasteiger partial charge in [-0.25, -0.2) is 0 Å². The Morgan fingerprint density at radius 2 is 2.19 bits per heavy atom. The normalized spacial score (nSPS) is 35.4. The molecule has 1 N–H and O–H groups in total. The van der Waals surface area contributed by atoms with Gasteiger partial charge in [0, 0.05) is 39.7 Å². The lowest BCUT2D eigenvalue weighted by molar-refractivity contribution is 0.181. The molecule has 0 radical (unpaired) electrons. The van der Waals surface area contributed by atoms with Crippen molar-refractivity contribution in [2.75, 3.05) is 40.4 Å². The molecule has 3 aliphatic rings. The molecule has 0 amide bonds. The summed E-state index contributed by atoms with van der Waals surface area (Å²) in [4.78, 5) is 6.70. The molecule has 0 aromatic carbocycles. The van der Waals surface area contributed by atoms with E-state index >= 15 is 0 Å². The maximum Gasteiger partial charge on any atom is 0.193 e. The summed E-state index contributed by atoms with van der Waals surface area (Å²) < 4.78 is 5.46. The topological polar surface area (TPSA) is 36.9 Å². The van der Waals surface area contributed by atoms with E-state index < -0.39 is 0 Å². The summed E-state index contributed by atoms with van der Waals surface area (Å²) in [7, 11) is 4.03. The van der Waals surface area contributed by atoms with Crippen molar-refractivity contribution in [2.24, 2.45) is 28.7 Å². The third kappa shape index (κ3) is 3.71. The number of nitrogens with one attached hydrogen (secondary N) is 1. The third-order valence-electron chi connectivity index (χ3n) is 5.81. The maximum atomic E-state index is 5.46. The van der Waals surface area contributed by atoms with Crippen LogP contribution in [0.3, 0.4) is 0 Å². The summed E-state index contributed by atoms with van der Waals surface area (Å²) in [5.41, 5.74) is 0. The minimum Gasteiger partial charge on any atom is -0.381 e. The van der Waals surface area contributed by atoms with Gasteiger partial charge < -0.3 is 15.0 Å². The van der Waals surface area contributed by atoms with Gasteiger partial charge in [-0.1, -0.05) is 6.42 Å². The van der Waals surface area contributed by atoms with E-state index in [2.05, 4.69) is 22.3 Å². The summed E-state index contributed by atoms with van der Waals surface area (Å²) >= 11 is 0. The monoisotopic (exact) mass is 293 g/mol. The first-order valence-corrected chi connectivity index (χ1v) is 8.75. The van der Waals surface area contributed by atoms with E-state index in [9.17, 15) is 0 Å². The zero-order valence-electron chi connectivity index (χ0n) is 13.7. The SMILES string of the molecule is CN=C(NCCC1CC2CCC1C2)N(C)CC1CCOC1. The Balaban J connectivity index is 1.38. The average Bonchev–Trinajstić information content (AvgIpc) is 3.20. The predicted octanol–water partition coefficient (Wildman–Crippen LogP) is 2.36. The summed E-state index contributed by atoms with van der Waals surface area (Å²) in [5.74, 6) is 4.78. The Kier molecular flexibility index (Phi) is 5.04. The van der Waals surface area contributed by atoms with Gasteiger partial charge in [0.1, 0.15) is 0 Å². The van der Waals surface area contributed by atoms with Crippen LogP contribution in [0.1, 0.15) is 38.5 Å². The molecule has 3 rings (SSSR count). The Bertz CT molecular complexity index is 365. The first-order chi connectivity index (χ1) is 10.3. The fourth-order valence-electron chi connectivity index (χ4n) is 4.69. The maximum absolute atomic E-state index is 5.46. The lowest BCUT2D eigenvalue weighted by Crippen LogP contribution is -2.42. The largest absolute Gasteiger partial charge is 0.381 e. The number of aliphatic imine (C=N–C) groups is 1. The second-order valence-electron chi connectivity index (χ2n) is 7.31. The van der Waals surface area contributed by atoms with E-state index in [1.807, 2.05) is 7.05 Å². The zero-order valence-corrected chi connectivity index (χ0v) is 13.7. The molecule has 2 saturated carbocycles. The molecule has 4 nitrogen and oxygen atoms in total. The van der Waals surface area contributed by atoms with Crippen molar-refractivity contribution in [3.63, 3.8) is 0 Å². The molecular weight excluding hydrogens is 262 g/mol. The van der Waals surface area contributed by atoms with Gasteiger partial charge in [0.15, 0.2) is 5.96 Å². The second-order valence-corrected chi connectivity index (χ2v) is 7.31. The van der Waals surface area contributed by atoms with Crippen LogP contribution in [0.15, 0.2) is 4.99 Å². The standard InChI is InChI=1S/C17H31N3O/c1-18-17(20(2)11-14-6-8-21-12-14)19-7-5-16-10-13-3-4-15(16)9-13/h13-16H,3-12H2,1-2H3,(H,18,19). The zero-order chi connectivity index (χ0) is 14.7. The Morgan fingerprint density at radius 1 is 1.29 bits per heavy atom. The first kappa shape index (κ1) is 15.1. The van der Waals surface area contributed by atoms with Crippen molar-refractivity contribution < 1.29 is 4.74 Å². The molecule has 2 bridgehead atoms. The molecule has 1 saturated heterocycles. The molecular formula is C17H31N3O. The lowest BCUT2D eigenvalue weighted by atomic mass is 9.86. The minimum absolute atomic E-state index is 0.666. The number of rotatable bonds is 5. The lowest BCUT2D eigenvalue weighted by Gasteiger charge is -2.26. The number of ether oxygens (including phenoxy) is 1. The molecule has 0 aromatic rings. The van der Waals surface area contributed by atoms with Crippen LogP contribution in [0.25, 0.3) is 0 Å². The highest BCUT2D eigenvalue weighted by molar-refractivity contribution is 5.79. The van der Waals surface area contributed by atoms with Gasteiger partial charge in [-0.15, -0.1) is 0 Å². The molecule has 1 heterocycles. The van der Waals surface area contributed by atoms with Crippen molar-refractivity contribution in [1.29, 1.82) is 0 Å². The van der Waals surface area contributed by atoms with E-state index in [0.717, 1.165) is 50.0 Å². The fourth-order valence-corrected chi connectivity index (χ4v) is 4.69. The van der Waals surface area contributed by atoms with E-state index in [-0.39, 0.29) is 0 Å². The van der Waals surface area contributed by atoms with E-state index in [1.165, 1.54) is 38.5 Å². The van der Waals surface area contributed by atoms with Gasteiger partial charge in [0.25, 0.3) is 0 Å². The quantitative estimate of drug-likeness (QED) is 0.624. The molecule has 4 atom stereocenters.